The van der Waals surface area contributed by atoms with Gasteiger partial charge in [-0.25, -0.2) is 0 Å². The van der Waals surface area contributed by atoms with Crippen LogP contribution in [-0.2, 0) is 20.9 Å². The fraction of sp³-hybridized carbons (Fsp3) is 0.333. The molecule has 0 saturated carbocycles. The average Bonchev–Trinajstić information content (AvgIpc) is 3.03. The van der Waals surface area contributed by atoms with Gasteiger partial charge in [0.15, 0.2) is 4.80 Å². The highest BCUT2D eigenvalue weighted by Gasteiger charge is 2.30. The van der Waals surface area contributed by atoms with Crippen LogP contribution in [0.3, 0.4) is 0 Å². The van der Waals surface area contributed by atoms with Gasteiger partial charge in [0.25, 0.3) is 5.91 Å². The molecule has 1 aliphatic rings. The number of hydrogen-bond donors (Lipinski definition) is 0. The molecule has 3 amide bonds. The molecule has 0 spiro atoms. The van der Waals surface area contributed by atoms with Gasteiger partial charge in [0.2, 0.25) is 11.8 Å². The number of benzene rings is 1. The zero-order chi connectivity index (χ0) is 18.1. The van der Waals surface area contributed by atoms with Gasteiger partial charge in [0.05, 0.1) is 16.8 Å². The largest absolute Gasteiger partial charge is 0.305 e. The van der Waals surface area contributed by atoms with E-state index in [0.29, 0.717) is 4.80 Å². The van der Waals surface area contributed by atoms with Crippen molar-refractivity contribution in [3.05, 3.63) is 28.1 Å². The predicted octanol–water partition coefficient (Wildman–Crippen LogP) is 1.53. The smallest absolute Gasteiger partial charge is 0.268 e. The Bertz CT molecular complexity index is 991. The number of carbonyl (C=O) groups excluding carboxylic acids is 3. The first kappa shape index (κ1) is 17.1. The normalized spacial score (nSPS) is 15.2. The van der Waals surface area contributed by atoms with Gasteiger partial charge in [-0.3, -0.25) is 19.3 Å². The number of aryl methyl sites for hydroxylation is 2. The van der Waals surface area contributed by atoms with Crippen LogP contribution in [0.25, 0.3) is 10.2 Å². The summed E-state index contributed by atoms with van der Waals surface area (Å²) in [6, 6.07) is 4.07. The minimum Gasteiger partial charge on any atom is -0.305 e. The van der Waals surface area contributed by atoms with Crippen molar-refractivity contribution in [2.45, 2.75) is 33.2 Å². The lowest BCUT2D eigenvalue weighted by atomic mass is 10.1. The molecule has 25 heavy (non-hydrogen) atoms. The number of likely N-dealkylation sites (tertiary alicyclic amines) is 1. The topological polar surface area (TPSA) is 71.7 Å². The van der Waals surface area contributed by atoms with Gasteiger partial charge in [-0.2, -0.15) is 4.99 Å². The minimum atomic E-state index is -0.532. The summed E-state index contributed by atoms with van der Waals surface area (Å²) in [6.07, 6.45) is 5.78. The van der Waals surface area contributed by atoms with Crippen molar-refractivity contribution in [3.8, 4) is 12.3 Å². The van der Waals surface area contributed by atoms with Gasteiger partial charge in [0.1, 0.15) is 6.54 Å². The lowest BCUT2D eigenvalue weighted by Crippen LogP contribution is -2.34. The van der Waals surface area contributed by atoms with Gasteiger partial charge in [-0.05, 0) is 31.0 Å². The third-order valence-electron chi connectivity index (χ3n) is 4.03. The van der Waals surface area contributed by atoms with Crippen LogP contribution in [0.5, 0.6) is 0 Å². The van der Waals surface area contributed by atoms with Crippen LogP contribution in [0.2, 0.25) is 0 Å². The molecular weight excluding hydrogens is 338 g/mol. The molecule has 6 nitrogen and oxygen atoms in total. The summed E-state index contributed by atoms with van der Waals surface area (Å²) in [5, 5.41) is 0. The fourth-order valence-corrected chi connectivity index (χ4v) is 4.02. The summed E-state index contributed by atoms with van der Waals surface area (Å²) >= 11 is 1.38. The zero-order valence-corrected chi connectivity index (χ0v) is 14.9. The highest BCUT2D eigenvalue weighted by molar-refractivity contribution is 7.16. The van der Waals surface area contributed by atoms with E-state index in [1.54, 1.807) is 0 Å². The van der Waals surface area contributed by atoms with Crippen LogP contribution in [-0.4, -0.2) is 33.7 Å². The Hall–Kier alpha value is -2.72. The number of imide groups is 1. The summed E-state index contributed by atoms with van der Waals surface area (Å²) in [6.45, 7) is 3.96. The van der Waals surface area contributed by atoms with E-state index < -0.39 is 5.91 Å². The standard InChI is InChI=1S/C18H17N3O3S/c1-4-7-20-13-9-11(2)8-12(3)17(13)25-18(20)19-14(22)10-21-15(23)5-6-16(21)24/h1,8-9H,5-7,10H2,2-3H3. The first-order valence-corrected chi connectivity index (χ1v) is 8.67. The highest BCUT2D eigenvalue weighted by atomic mass is 32.1. The van der Waals surface area contributed by atoms with Gasteiger partial charge < -0.3 is 4.57 Å². The molecule has 0 bridgehead atoms. The van der Waals surface area contributed by atoms with Crippen molar-refractivity contribution < 1.29 is 14.4 Å². The molecule has 3 rings (SSSR count). The molecule has 2 heterocycles. The van der Waals surface area contributed by atoms with Gasteiger partial charge >= 0.3 is 0 Å². The van der Waals surface area contributed by atoms with Crippen molar-refractivity contribution in [1.82, 2.24) is 9.47 Å². The van der Waals surface area contributed by atoms with Gasteiger partial charge in [-0.1, -0.05) is 23.3 Å². The Labute approximate surface area is 148 Å². The Kier molecular flexibility index (Phi) is 4.55. The second-order valence-electron chi connectivity index (χ2n) is 5.98. The lowest BCUT2D eigenvalue weighted by molar-refractivity contribution is -0.141. The monoisotopic (exact) mass is 355 g/mol. The van der Waals surface area contributed by atoms with Gasteiger partial charge in [0, 0.05) is 12.8 Å². The first-order chi connectivity index (χ1) is 11.9. The van der Waals surface area contributed by atoms with E-state index in [1.165, 1.54) is 11.3 Å². The molecule has 2 aromatic rings. The second-order valence-corrected chi connectivity index (χ2v) is 6.96. The lowest BCUT2D eigenvalue weighted by Gasteiger charge is -2.10. The molecule has 1 fully saturated rings. The third-order valence-corrected chi connectivity index (χ3v) is 5.26. The van der Waals surface area contributed by atoms with Crippen LogP contribution < -0.4 is 4.80 Å². The number of amides is 3. The number of rotatable bonds is 3. The van der Waals surface area contributed by atoms with E-state index in [1.807, 2.05) is 24.5 Å². The van der Waals surface area contributed by atoms with Crippen molar-refractivity contribution >= 4 is 39.3 Å². The minimum absolute atomic E-state index is 0.157. The molecule has 1 saturated heterocycles. The van der Waals surface area contributed by atoms with E-state index in [4.69, 9.17) is 6.42 Å². The van der Waals surface area contributed by atoms with E-state index in [-0.39, 0.29) is 37.7 Å². The predicted molar refractivity (Wildman–Crippen MR) is 94.6 cm³/mol. The summed E-state index contributed by atoms with van der Waals surface area (Å²) in [4.78, 5) is 41.1. The molecule has 0 unspecified atom stereocenters. The molecule has 7 heteroatoms. The fourth-order valence-electron chi connectivity index (χ4n) is 2.92. The van der Waals surface area contributed by atoms with Crippen LogP contribution in [0.1, 0.15) is 24.0 Å². The Balaban J connectivity index is 2.03. The second kappa shape index (κ2) is 6.65. The molecule has 1 aromatic heterocycles. The molecular formula is C18H17N3O3S. The van der Waals surface area contributed by atoms with Gasteiger partial charge in [-0.15, -0.1) is 6.42 Å². The molecule has 0 aliphatic carbocycles. The number of aromatic nitrogens is 1. The number of nitrogens with zero attached hydrogens (tertiary/aromatic N) is 3. The van der Waals surface area contributed by atoms with Crippen molar-refractivity contribution in [3.63, 3.8) is 0 Å². The van der Waals surface area contributed by atoms with E-state index in [2.05, 4.69) is 17.0 Å². The van der Waals surface area contributed by atoms with Crippen LogP contribution in [0.4, 0.5) is 0 Å². The molecule has 1 aromatic carbocycles. The number of fused-ring (bicyclic) bond motifs is 1. The summed E-state index contributed by atoms with van der Waals surface area (Å²) in [5.41, 5.74) is 3.12. The Morgan fingerprint density at radius 3 is 2.60 bits per heavy atom. The van der Waals surface area contributed by atoms with E-state index >= 15 is 0 Å². The Morgan fingerprint density at radius 2 is 1.96 bits per heavy atom. The van der Waals surface area contributed by atoms with Crippen LogP contribution in [0.15, 0.2) is 17.1 Å². The van der Waals surface area contributed by atoms with Crippen LogP contribution in [0, 0.1) is 26.2 Å². The number of terminal acetylenes is 1. The number of carbonyl (C=O) groups is 3. The summed E-state index contributed by atoms with van der Waals surface area (Å²) in [5.74, 6) is 1.40. The van der Waals surface area contributed by atoms with Crippen molar-refractivity contribution in [2.24, 2.45) is 4.99 Å². The molecule has 0 atom stereocenters. The Morgan fingerprint density at radius 1 is 1.28 bits per heavy atom. The quantitative estimate of drug-likeness (QED) is 0.619. The average molecular weight is 355 g/mol. The maximum absolute atomic E-state index is 12.3. The highest BCUT2D eigenvalue weighted by Crippen LogP contribution is 2.23. The SMILES string of the molecule is C#CCn1c(=NC(=O)CN2C(=O)CCC2=O)sc2c(C)cc(C)cc21. The maximum atomic E-state index is 12.3. The zero-order valence-electron chi connectivity index (χ0n) is 14.0. The first-order valence-electron chi connectivity index (χ1n) is 7.85. The molecule has 1 aliphatic heterocycles. The number of thiazole rings is 1. The van der Waals surface area contributed by atoms with E-state index in [9.17, 15) is 14.4 Å². The molecule has 0 N–H and O–H groups in total. The number of hydrogen-bond acceptors (Lipinski definition) is 4. The molecule has 0 radical (unpaired) electrons. The van der Waals surface area contributed by atoms with Crippen molar-refractivity contribution in [1.29, 1.82) is 0 Å². The van der Waals surface area contributed by atoms with E-state index in [0.717, 1.165) is 26.2 Å². The maximum Gasteiger partial charge on any atom is 0.268 e. The third kappa shape index (κ3) is 3.26. The summed E-state index contributed by atoms with van der Waals surface area (Å²) in [7, 11) is 0. The van der Waals surface area contributed by atoms with Crippen LogP contribution >= 0.6 is 11.3 Å². The van der Waals surface area contributed by atoms with Crippen molar-refractivity contribution in [2.75, 3.05) is 6.54 Å². The molecule has 128 valence electrons. The summed E-state index contributed by atoms with van der Waals surface area (Å²) < 4.78 is 2.83.